The molecule has 0 saturated heterocycles. The maximum absolute atomic E-state index is 11.9. The van der Waals surface area contributed by atoms with Gasteiger partial charge in [0, 0.05) is 24.8 Å². The second-order valence-electron chi connectivity index (χ2n) is 12.6. The average molecular weight is 680 g/mol. The van der Waals surface area contributed by atoms with E-state index in [0.717, 1.165) is 24.8 Å². The van der Waals surface area contributed by atoms with Crippen LogP contribution in [0, 0.1) is 0 Å². The molecule has 1 rings (SSSR count). The number of carboxylic acid groups (broad SMARTS) is 1. The standard InChI is InChI=1S/C26H42N2O5S.C12H27N/c1-2-3-4-5-6-7-8-9-13-17-24(29)27-18-14-19-34-21-23(25(30)31)28-26(32)33-20-22-15-11-10-12-16-22;1-3-5-6-7-8-9-11-12(13)10-4-2/h10-12,15-16,23H,2-9,13-14,17-21H2,1H3,(H,27,29)(H,28,32)(H,30,31);12H,3-11,13H2,1-2H3. The molecule has 0 aromatic heterocycles. The number of unbranched alkanes of at least 4 members (excludes halogenated alkanes) is 13. The Morgan fingerprint density at radius 2 is 1.34 bits per heavy atom. The van der Waals surface area contributed by atoms with Gasteiger partial charge in [0.2, 0.25) is 5.91 Å². The van der Waals surface area contributed by atoms with Crippen molar-refractivity contribution in [3.8, 4) is 0 Å². The number of benzene rings is 1. The van der Waals surface area contributed by atoms with Gasteiger partial charge >= 0.3 is 12.1 Å². The molecule has 0 bridgehead atoms. The van der Waals surface area contributed by atoms with Crippen LogP contribution in [0.1, 0.15) is 155 Å². The molecule has 0 heterocycles. The highest BCUT2D eigenvalue weighted by atomic mass is 32.2. The number of rotatable bonds is 29. The molecule has 0 aliphatic rings. The van der Waals surface area contributed by atoms with E-state index in [-0.39, 0.29) is 18.3 Å². The minimum absolute atomic E-state index is 0.0826. The third-order valence-electron chi connectivity index (χ3n) is 7.97. The van der Waals surface area contributed by atoms with E-state index in [4.69, 9.17) is 10.5 Å². The maximum Gasteiger partial charge on any atom is 0.408 e. The number of alkyl carbamates (subject to hydrolysis) is 1. The maximum atomic E-state index is 11.9. The van der Waals surface area contributed by atoms with Crippen molar-refractivity contribution in [3.05, 3.63) is 35.9 Å². The highest BCUT2D eigenvalue weighted by Gasteiger charge is 2.20. The van der Waals surface area contributed by atoms with Crippen molar-refractivity contribution >= 4 is 29.7 Å². The fourth-order valence-corrected chi connectivity index (χ4v) is 6.05. The first kappa shape index (κ1) is 44.7. The van der Waals surface area contributed by atoms with Crippen LogP contribution in [0.15, 0.2) is 30.3 Å². The monoisotopic (exact) mass is 679 g/mol. The van der Waals surface area contributed by atoms with Gasteiger partial charge in [-0.2, -0.15) is 11.8 Å². The third kappa shape index (κ3) is 30.8. The first-order chi connectivity index (χ1) is 22.8. The number of hydrogen-bond acceptors (Lipinski definition) is 6. The summed E-state index contributed by atoms with van der Waals surface area (Å²) in [6.45, 7) is 7.36. The van der Waals surface area contributed by atoms with E-state index in [1.165, 1.54) is 114 Å². The Kier molecular flexibility index (Phi) is 32.0. The second kappa shape index (κ2) is 33.6. The minimum Gasteiger partial charge on any atom is -0.480 e. The zero-order valence-corrected chi connectivity index (χ0v) is 30.9. The lowest BCUT2D eigenvalue weighted by atomic mass is 10.0. The van der Waals surface area contributed by atoms with Gasteiger partial charge in [0.05, 0.1) is 0 Å². The number of carbonyl (C=O) groups is 3. The molecule has 0 aliphatic heterocycles. The first-order valence-electron chi connectivity index (χ1n) is 18.6. The largest absolute Gasteiger partial charge is 0.480 e. The molecule has 0 aliphatic carbocycles. The number of hydrogen-bond donors (Lipinski definition) is 4. The van der Waals surface area contributed by atoms with Gasteiger partial charge in [-0.05, 0) is 37.0 Å². The Bertz CT molecular complexity index is 874. The van der Waals surface area contributed by atoms with E-state index in [2.05, 4.69) is 31.4 Å². The Morgan fingerprint density at radius 3 is 1.91 bits per heavy atom. The lowest BCUT2D eigenvalue weighted by Gasteiger charge is -2.14. The fraction of sp³-hybridized carbons (Fsp3) is 0.763. The molecule has 2 amide bonds. The molecular weight excluding hydrogens is 611 g/mol. The van der Waals surface area contributed by atoms with Crippen molar-refractivity contribution < 1.29 is 24.2 Å². The number of carboxylic acids is 1. The van der Waals surface area contributed by atoms with Crippen LogP contribution in [0.25, 0.3) is 0 Å². The lowest BCUT2D eigenvalue weighted by Crippen LogP contribution is -2.42. The normalized spacial score (nSPS) is 12.0. The zero-order chi connectivity index (χ0) is 34.8. The number of nitrogens with one attached hydrogen (secondary N) is 2. The van der Waals surface area contributed by atoms with Crippen LogP contribution < -0.4 is 16.4 Å². The third-order valence-corrected chi connectivity index (χ3v) is 9.12. The highest BCUT2D eigenvalue weighted by Crippen LogP contribution is 2.12. The van der Waals surface area contributed by atoms with Crippen LogP contribution in [0.3, 0.4) is 0 Å². The molecule has 8 nitrogen and oxygen atoms in total. The molecule has 9 heteroatoms. The van der Waals surface area contributed by atoms with E-state index >= 15 is 0 Å². The van der Waals surface area contributed by atoms with Gasteiger partial charge < -0.3 is 26.2 Å². The SMILES string of the molecule is CCCCCCCCC(N)CCC.CCCCCCCCCCCC(=O)NCCCSCC(NC(=O)OCc1ccccc1)C(=O)O. The topological polar surface area (TPSA) is 131 Å². The first-order valence-corrected chi connectivity index (χ1v) is 19.8. The van der Waals surface area contributed by atoms with Crippen LogP contribution in [0.2, 0.25) is 0 Å². The van der Waals surface area contributed by atoms with Crippen LogP contribution in [-0.2, 0) is 20.9 Å². The number of carbonyl (C=O) groups excluding carboxylic acids is 2. The van der Waals surface area contributed by atoms with E-state index < -0.39 is 18.1 Å². The van der Waals surface area contributed by atoms with Crippen molar-refractivity contribution in [1.29, 1.82) is 0 Å². The molecule has 0 fully saturated rings. The van der Waals surface area contributed by atoms with Crippen molar-refractivity contribution in [3.63, 3.8) is 0 Å². The number of nitrogens with two attached hydrogens (primary N) is 1. The summed E-state index contributed by atoms with van der Waals surface area (Å²) in [5.74, 6) is -0.0806. The van der Waals surface area contributed by atoms with Crippen LogP contribution in [0.4, 0.5) is 4.79 Å². The number of aliphatic carboxylic acids is 1. The second-order valence-corrected chi connectivity index (χ2v) is 13.7. The summed E-state index contributed by atoms with van der Waals surface area (Å²) >= 11 is 1.43. The molecule has 47 heavy (non-hydrogen) atoms. The molecule has 1 aromatic carbocycles. The van der Waals surface area contributed by atoms with E-state index in [0.29, 0.717) is 24.8 Å². The molecule has 5 N–H and O–H groups in total. The molecule has 272 valence electrons. The highest BCUT2D eigenvalue weighted by molar-refractivity contribution is 7.99. The fourth-order valence-electron chi connectivity index (χ4n) is 5.07. The molecule has 0 radical (unpaired) electrons. The quantitative estimate of drug-likeness (QED) is 0.0621. The summed E-state index contributed by atoms with van der Waals surface area (Å²) in [4.78, 5) is 35.2. The van der Waals surface area contributed by atoms with Gasteiger partial charge in [0.15, 0.2) is 0 Å². The Hall–Kier alpha value is -2.26. The van der Waals surface area contributed by atoms with Gasteiger partial charge in [-0.1, -0.05) is 147 Å². The zero-order valence-electron chi connectivity index (χ0n) is 30.1. The van der Waals surface area contributed by atoms with Crippen molar-refractivity contribution in [2.24, 2.45) is 5.73 Å². The summed E-state index contributed by atoms with van der Waals surface area (Å²) < 4.78 is 5.08. The Balaban J connectivity index is 0.00000137. The van der Waals surface area contributed by atoms with Gasteiger partial charge in [-0.25, -0.2) is 9.59 Å². The summed E-state index contributed by atoms with van der Waals surface area (Å²) in [7, 11) is 0. The van der Waals surface area contributed by atoms with Gasteiger partial charge in [-0.15, -0.1) is 0 Å². The summed E-state index contributed by atoms with van der Waals surface area (Å²) in [6.07, 6.45) is 23.6. The van der Waals surface area contributed by atoms with Crippen molar-refractivity contribution in [1.82, 2.24) is 10.6 Å². The number of thioether (sulfide) groups is 1. The number of amides is 2. The van der Waals surface area contributed by atoms with Crippen molar-refractivity contribution in [2.75, 3.05) is 18.1 Å². The molecule has 1 aromatic rings. The van der Waals surface area contributed by atoms with Gasteiger partial charge in [0.25, 0.3) is 0 Å². The van der Waals surface area contributed by atoms with E-state index in [9.17, 15) is 19.5 Å². The molecule has 2 atom stereocenters. The van der Waals surface area contributed by atoms with E-state index in [1.54, 1.807) is 0 Å². The van der Waals surface area contributed by atoms with Crippen LogP contribution in [0.5, 0.6) is 0 Å². The molecule has 0 spiro atoms. The summed E-state index contributed by atoms with van der Waals surface area (Å²) in [6, 6.07) is 8.65. The Labute approximate surface area is 291 Å². The van der Waals surface area contributed by atoms with Crippen molar-refractivity contribution in [2.45, 2.75) is 168 Å². The summed E-state index contributed by atoms with van der Waals surface area (Å²) in [5.41, 5.74) is 6.76. The lowest BCUT2D eigenvalue weighted by molar-refractivity contribution is -0.138. The van der Waals surface area contributed by atoms with Crippen LogP contribution in [-0.4, -0.2) is 53.2 Å². The predicted molar refractivity (Wildman–Crippen MR) is 199 cm³/mol. The molecular formula is C38H69N3O5S. The average Bonchev–Trinajstić information content (AvgIpc) is 3.06. The van der Waals surface area contributed by atoms with E-state index in [1.807, 2.05) is 30.3 Å². The smallest absolute Gasteiger partial charge is 0.408 e. The summed E-state index contributed by atoms with van der Waals surface area (Å²) in [5, 5.41) is 14.6. The predicted octanol–water partition coefficient (Wildman–Crippen LogP) is 9.39. The number of ether oxygens (including phenoxy) is 1. The minimum atomic E-state index is -1.10. The Morgan fingerprint density at radius 1 is 0.766 bits per heavy atom. The van der Waals surface area contributed by atoms with Crippen LogP contribution >= 0.6 is 11.8 Å². The van der Waals surface area contributed by atoms with Gasteiger partial charge in [0.1, 0.15) is 12.6 Å². The van der Waals surface area contributed by atoms with Gasteiger partial charge in [-0.3, -0.25) is 4.79 Å². The molecule has 2 unspecified atom stereocenters. The molecule has 0 saturated carbocycles.